The van der Waals surface area contributed by atoms with Crippen LogP contribution >= 0.6 is 0 Å². The van der Waals surface area contributed by atoms with Crippen LogP contribution in [0.4, 0.5) is 5.69 Å². The Balaban J connectivity index is 1.94. The monoisotopic (exact) mass is 336 g/mol. The van der Waals surface area contributed by atoms with Gasteiger partial charge < -0.3 is 15.5 Å². The molecule has 0 aliphatic rings. The Hall–Kier alpha value is -2.66. The summed E-state index contributed by atoms with van der Waals surface area (Å²) in [7, 11) is 0. The predicted octanol–water partition coefficient (Wildman–Crippen LogP) is 3.60. The maximum absolute atomic E-state index is 11.9. The highest BCUT2D eigenvalue weighted by Crippen LogP contribution is 2.26. The molecule has 0 saturated carbocycles. The number of anilines is 1. The van der Waals surface area contributed by atoms with Crippen molar-refractivity contribution in [2.45, 2.75) is 33.6 Å². The van der Waals surface area contributed by atoms with Crippen LogP contribution in [0.3, 0.4) is 0 Å². The third-order valence-electron chi connectivity index (χ3n) is 4.53. The second-order valence-corrected chi connectivity index (χ2v) is 6.43. The van der Waals surface area contributed by atoms with Crippen LogP contribution in [0.1, 0.15) is 29.7 Å². The molecule has 0 atom stereocenters. The number of fused-ring (bicyclic) bond motifs is 1. The van der Waals surface area contributed by atoms with Gasteiger partial charge in [-0.2, -0.15) is 0 Å². The van der Waals surface area contributed by atoms with Gasteiger partial charge in [0.05, 0.1) is 11.4 Å². The average Bonchev–Trinajstić information content (AvgIpc) is 2.92. The maximum Gasteiger partial charge on any atom is 0.224 e. The number of pyridine rings is 1. The van der Waals surface area contributed by atoms with Crippen molar-refractivity contribution in [3.8, 4) is 11.3 Å². The summed E-state index contributed by atoms with van der Waals surface area (Å²) in [5.41, 5.74) is 12.7. The highest BCUT2D eigenvalue weighted by Gasteiger charge is 2.12. The number of imidazole rings is 1. The van der Waals surface area contributed by atoms with Crippen molar-refractivity contribution in [2.24, 2.45) is 5.73 Å². The van der Waals surface area contributed by atoms with Gasteiger partial charge in [-0.3, -0.25) is 4.79 Å². The summed E-state index contributed by atoms with van der Waals surface area (Å²) in [5, 5.41) is 2.92. The van der Waals surface area contributed by atoms with E-state index in [1.165, 1.54) is 11.1 Å². The Kier molecular flexibility index (Phi) is 4.86. The quantitative estimate of drug-likeness (QED) is 0.747. The van der Waals surface area contributed by atoms with E-state index in [4.69, 9.17) is 10.7 Å². The lowest BCUT2D eigenvalue weighted by molar-refractivity contribution is -0.116. The van der Waals surface area contributed by atoms with E-state index in [9.17, 15) is 4.79 Å². The first-order valence-corrected chi connectivity index (χ1v) is 8.56. The highest BCUT2D eigenvalue weighted by molar-refractivity contribution is 5.90. The standard InChI is InChI=1S/C20H24N4O/c1-13-6-7-16(11-14(13)2)20-15(3)24-12-17(8-9-18(24)23-20)22-19(25)5-4-10-21/h6-9,11-12H,4-5,10,21H2,1-3H3,(H,22,25). The van der Waals surface area contributed by atoms with E-state index in [0.717, 1.165) is 28.3 Å². The predicted molar refractivity (Wildman–Crippen MR) is 102 cm³/mol. The van der Waals surface area contributed by atoms with Crippen molar-refractivity contribution in [1.29, 1.82) is 0 Å². The molecule has 25 heavy (non-hydrogen) atoms. The van der Waals surface area contributed by atoms with E-state index >= 15 is 0 Å². The number of carbonyl (C=O) groups excluding carboxylic acids is 1. The number of benzene rings is 1. The number of aromatic nitrogens is 2. The number of rotatable bonds is 5. The molecule has 0 aliphatic heterocycles. The molecule has 3 N–H and O–H groups in total. The second kappa shape index (κ2) is 7.07. The van der Waals surface area contributed by atoms with Gasteiger partial charge in [0, 0.05) is 23.9 Å². The van der Waals surface area contributed by atoms with E-state index < -0.39 is 0 Å². The first-order valence-electron chi connectivity index (χ1n) is 8.56. The van der Waals surface area contributed by atoms with Crippen molar-refractivity contribution >= 4 is 17.2 Å². The number of nitrogens with one attached hydrogen (secondary N) is 1. The Morgan fingerprint density at radius 3 is 2.68 bits per heavy atom. The SMILES string of the molecule is Cc1ccc(-c2nc3ccc(NC(=O)CCCN)cn3c2C)cc1C. The van der Waals surface area contributed by atoms with Gasteiger partial charge >= 0.3 is 0 Å². The molecule has 0 bridgehead atoms. The Morgan fingerprint density at radius 1 is 1.16 bits per heavy atom. The number of hydrogen-bond acceptors (Lipinski definition) is 3. The van der Waals surface area contributed by atoms with Crippen LogP contribution in [0.2, 0.25) is 0 Å². The Labute approximate surface area is 147 Å². The van der Waals surface area contributed by atoms with Crippen molar-refractivity contribution in [3.05, 3.63) is 53.3 Å². The highest BCUT2D eigenvalue weighted by atomic mass is 16.1. The average molecular weight is 336 g/mol. The molecule has 0 saturated heterocycles. The molecular weight excluding hydrogens is 312 g/mol. The third kappa shape index (κ3) is 3.56. The van der Waals surface area contributed by atoms with E-state index in [1.807, 2.05) is 29.7 Å². The lowest BCUT2D eigenvalue weighted by atomic mass is 10.0. The van der Waals surface area contributed by atoms with Crippen molar-refractivity contribution < 1.29 is 4.79 Å². The lowest BCUT2D eigenvalue weighted by Crippen LogP contribution is -2.13. The van der Waals surface area contributed by atoms with Gasteiger partial charge in [0.25, 0.3) is 0 Å². The molecule has 0 unspecified atom stereocenters. The molecule has 1 amide bonds. The fraction of sp³-hybridized carbons (Fsp3) is 0.300. The third-order valence-corrected chi connectivity index (χ3v) is 4.53. The minimum Gasteiger partial charge on any atom is -0.330 e. The van der Waals surface area contributed by atoms with Crippen LogP contribution in [0.5, 0.6) is 0 Å². The van der Waals surface area contributed by atoms with Gasteiger partial charge in [-0.15, -0.1) is 0 Å². The van der Waals surface area contributed by atoms with Crippen LogP contribution < -0.4 is 11.1 Å². The number of nitrogens with two attached hydrogens (primary N) is 1. The molecule has 0 fully saturated rings. The molecule has 5 nitrogen and oxygen atoms in total. The van der Waals surface area contributed by atoms with Gasteiger partial charge in [0.15, 0.2) is 0 Å². The fourth-order valence-corrected chi connectivity index (χ4v) is 2.88. The molecule has 5 heteroatoms. The number of carbonyl (C=O) groups is 1. The fourth-order valence-electron chi connectivity index (χ4n) is 2.88. The Bertz CT molecular complexity index is 927. The molecule has 130 valence electrons. The second-order valence-electron chi connectivity index (χ2n) is 6.43. The van der Waals surface area contributed by atoms with Crippen molar-refractivity contribution in [3.63, 3.8) is 0 Å². The summed E-state index contributed by atoms with van der Waals surface area (Å²) >= 11 is 0. The van der Waals surface area contributed by atoms with Crippen LogP contribution in [0.25, 0.3) is 16.9 Å². The zero-order valence-electron chi connectivity index (χ0n) is 15.0. The van der Waals surface area contributed by atoms with Crippen molar-refractivity contribution in [1.82, 2.24) is 9.38 Å². The van der Waals surface area contributed by atoms with Crippen LogP contribution in [0, 0.1) is 20.8 Å². The van der Waals surface area contributed by atoms with Crippen LogP contribution in [-0.2, 0) is 4.79 Å². The number of nitrogens with zero attached hydrogens (tertiary/aromatic N) is 2. The molecule has 3 aromatic rings. The van der Waals surface area contributed by atoms with E-state index in [1.54, 1.807) is 0 Å². The number of aryl methyl sites for hydroxylation is 3. The van der Waals surface area contributed by atoms with Gasteiger partial charge in [-0.1, -0.05) is 12.1 Å². The van der Waals surface area contributed by atoms with E-state index in [-0.39, 0.29) is 5.91 Å². The molecule has 3 rings (SSSR count). The first-order chi connectivity index (χ1) is 12.0. The summed E-state index contributed by atoms with van der Waals surface area (Å²) in [6.45, 7) is 6.78. The van der Waals surface area contributed by atoms with E-state index in [0.29, 0.717) is 19.4 Å². The van der Waals surface area contributed by atoms with Gasteiger partial charge in [0.2, 0.25) is 5.91 Å². The Morgan fingerprint density at radius 2 is 1.96 bits per heavy atom. The molecule has 0 aliphatic carbocycles. The lowest BCUT2D eigenvalue weighted by Gasteiger charge is -2.06. The molecular formula is C20H24N4O. The summed E-state index contributed by atoms with van der Waals surface area (Å²) in [5.74, 6) is -0.0167. The largest absolute Gasteiger partial charge is 0.330 e. The van der Waals surface area contributed by atoms with Gasteiger partial charge in [-0.05, 0) is 63.1 Å². The molecule has 0 radical (unpaired) electrons. The normalized spacial score (nSPS) is 11.0. The summed E-state index contributed by atoms with van der Waals surface area (Å²) < 4.78 is 2.02. The smallest absolute Gasteiger partial charge is 0.224 e. The maximum atomic E-state index is 11.9. The number of amides is 1. The molecule has 1 aromatic carbocycles. The van der Waals surface area contributed by atoms with Crippen LogP contribution in [0.15, 0.2) is 36.5 Å². The first kappa shape index (κ1) is 17.2. The summed E-state index contributed by atoms with van der Waals surface area (Å²) in [4.78, 5) is 16.7. The zero-order valence-corrected chi connectivity index (χ0v) is 15.0. The van der Waals surface area contributed by atoms with Crippen molar-refractivity contribution in [2.75, 3.05) is 11.9 Å². The topological polar surface area (TPSA) is 72.4 Å². The van der Waals surface area contributed by atoms with E-state index in [2.05, 4.69) is 37.4 Å². The summed E-state index contributed by atoms with van der Waals surface area (Å²) in [6.07, 6.45) is 3.04. The molecule has 0 spiro atoms. The minimum absolute atomic E-state index is 0.0167. The molecule has 2 heterocycles. The van der Waals surface area contributed by atoms with Gasteiger partial charge in [-0.25, -0.2) is 4.98 Å². The minimum atomic E-state index is -0.0167. The summed E-state index contributed by atoms with van der Waals surface area (Å²) in [6, 6.07) is 10.2. The zero-order chi connectivity index (χ0) is 18.0. The van der Waals surface area contributed by atoms with Crippen LogP contribution in [-0.4, -0.2) is 21.8 Å². The number of hydrogen-bond donors (Lipinski definition) is 2. The van der Waals surface area contributed by atoms with Gasteiger partial charge in [0.1, 0.15) is 5.65 Å². The molecule has 2 aromatic heterocycles.